The maximum Gasteiger partial charge on any atom is 0.309 e. The van der Waals surface area contributed by atoms with Crippen LogP contribution in [0.25, 0.3) is 0 Å². The number of benzene rings is 1. The van der Waals surface area contributed by atoms with E-state index in [-0.39, 0.29) is 13.1 Å². The van der Waals surface area contributed by atoms with Gasteiger partial charge in [-0.3, -0.25) is 9.59 Å². The summed E-state index contributed by atoms with van der Waals surface area (Å²) >= 11 is 0. The van der Waals surface area contributed by atoms with Crippen molar-refractivity contribution in [2.24, 2.45) is 0 Å². The summed E-state index contributed by atoms with van der Waals surface area (Å²) in [5.74, 6) is -0.810. The third-order valence-electron chi connectivity index (χ3n) is 3.29. The number of aliphatic hydroxyl groups is 1. The highest BCUT2D eigenvalue weighted by atomic mass is 16.5. The molecule has 128 valence electrons. The van der Waals surface area contributed by atoms with Crippen molar-refractivity contribution in [2.75, 3.05) is 27.4 Å². The number of rotatable bonds is 8. The van der Waals surface area contributed by atoms with Gasteiger partial charge >= 0.3 is 11.8 Å². The molecular weight excluding hydrogens is 300 g/mol. The molecular formula is C16H24N2O5. The van der Waals surface area contributed by atoms with Gasteiger partial charge in [0.15, 0.2) is 0 Å². The fourth-order valence-electron chi connectivity index (χ4n) is 1.77. The lowest BCUT2D eigenvalue weighted by Crippen LogP contribution is -2.46. The Balaban J connectivity index is 2.37. The minimum Gasteiger partial charge on any atom is -0.497 e. The molecule has 7 nitrogen and oxygen atoms in total. The lowest BCUT2D eigenvalue weighted by atomic mass is 10.0. The van der Waals surface area contributed by atoms with Gasteiger partial charge in [-0.25, -0.2) is 0 Å². The largest absolute Gasteiger partial charge is 0.497 e. The monoisotopic (exact) mass is 324 g/mol. The Hall–Kier alpha value is -2.12. The molecule has 0 bridgehead atoms. The molecule has 0 saturated heterocycles. The standard InChI is InChI=1S/C16H24N2O5/c1-16(21,8-9-22-2)11-18-15(20)14(19)17-10-12-4-6-13(23-3)7-5-12/h4-7,21H,8-11H2,1-3H3,(H,17,19)(H,18,20). The first-order valence-electron chi connectivity index (χ1n) is 7.28. The maximum atomic E-state index is 11.7. The van der Waals surface area contributed by atoms with E-state index in [1.165, 1.54) is 7.11 Å². The third-order valence-corrected chi connectivity index (χ3v) is 3.29. The van der Waals surface area contributed by atoms with Crippen LogP contribution in [0.4, 0.5) is 0 Å². The molecule has 0 radical (unpaired) electrons. The predicted molar refractivity (Wildman–Crippen MR) is 85.0 cm³/mol. The molecule has 3 N–H and O–H groups in total. The Morgan fingerprint density at radius 3 is 2.30 bits per heavy atom. The second kappa shape index (κ2) is 9.12. The summed E-state index contributed by atoms with van der Waals surface area (Å²) in [6.45, 7) is 2.15. The van der Waals surface area contributed by atoms with Crippen LogP contribution in [0.3, 0.4) is 0 Å². The fraction of sp³-hybridized carbons (Fsp3) is 0.500. The van der Waals surface area contributed by atoms with Gasteiger partial charge in [0, 0.05) is 33.2 Å². The second-order valence-corrected chi connectivity index (χ2v) is 5.45. The van der Waals surface area contributed by atoms with Gasteiger partial charge in [-0.1, -0.05) is 12.1 Å². The Bertz CT molecular complexity index is 514. The van der Waals surface area contributed by atoms with Crippen LogP contribution in [0.15, 0.2) is 24.3 Å². The molecule has 1 aromatic carbocycles. The molecule has 0 aliphatic rings. The minimum absolute atomic E-state index is 0.0227. The summed E-state index contributed by atoms with van der Waals surface area (Å²) in [6, 6.07) is 7.14. The van der Waals surface area contributed by atoms with E-state index in [9.17, 15) is 14.7 Å². The van der Waals surface area contributed by atoms with E-state index in [1.807, 2.05) is 0 Å². The minimum atomic E-state index is -1.12. The van der Waals surface area contributed by atoms with E-state index >= 15 is 0 Å². The molecule has 23 heavy (non-hydrogen) atoms. The van der Waals surface area contributed by atoms with E-state index in [1.54, 1.807) is 38.3 Å². The maximum absolute atomic E-state index is 11.7. The zero-order valence-electron chi connectivity index (χ0n) is 13.7. The molecule has 2 amide bonds. The molecule has 0 spiro atoms. The van der Waals surface area contributed by atoms with Crippen LogP contribution < -0.4 is 15.4 Å². The van der Waals surface area contributed by atoms with Crippen molar-refractivity contribution in [1.29, 1.82) is 0 Å². The normalized spacial score (nSPS) is 13.0. The third kappa shape index (κ3) is 7.12. The molecule has 0 aliphatic heterocycles. The van der Waals surface area contributed by atoms with E-state index in [2.05, 4.69) is 10.6 Å². The van der Waals surface area contributed by atoms with Crippen LogP contribution in [-0.2, 0) is 20.9 Å². The summed E-state index contributed by atoms with van der Waals surface area (Å²) in [7, 11) is 3.10. The van der Waals surface area contributed by atoms with Crippen LogP contribution in [0.5, 0.6) is 5.75 Å². The van der Waals surface area contributed by atoms with Gasteiger partial charge in [0.05, 0.1) is 12.7 Å². The zero-order valence-corrected chi connectivity index (χ0v) is 13.7. The molecule has 0 aliphatic carbocycles. The molecule has 0 saturated carbocycles. The molecule has 0 fully saturated rings. The number of carbonyl (C=O) groups excluding carboxylic acids is 2. The zero-order chi connectivity index (χ0) is 17.3. The number of hydrogen-bond donors (Lipinski definition) is 3. The van der Waals surface area contributed by atoms with Gasteiger partial charge in [-0.15, -0.1) is 0 Å². The van der Waals surface area contributed by atoms with Crippen molar-refractivity contribution in [3.63, 3.8) is 0 Å². The highest BCUT2D eigenvalue weighted by Crippen LogP contribution is 2.11. The second-order valence-electron chi connectivity index (χ2n) is 5.45. The fourth-order valence-corrected chi connectivity index (χ4v) is 1.77. The molecule has 7 heteroatoms. The highest BCUT2D eigenvalue weighted by Gasteiger charge is 2.22. The topological polar surface area (TPSA) is 96.9 Å². The van der Waals surface area contributed by atoms with Crippen LogP contribution in [0, 0.1) is 0 Å². The predicted octanol–water partition coefficient (Wildman–Crippen LogP) is 0.215. The quantitative estimate of drug-likeness (QED) is 0.594. The van der Waals surface area contributed by atoms with E-state index < -0.39 is 17.4 Å². The number of amides is 2. The van der Waals surface area contributed by atoms with E-state index in [0.29, 0.717) is 13.0 Å². The Kier molecular flexibility index (Phi) is 7.50. The Labute approximate surface area is 136 Å². The number of hydrogen-bond acceptors (Lipinski definition) is 5. The molecule has 1 aromatic rings. The summed E-state index contributed by atoms with van der Waals surface area (Å²) in [5.41, 5.74) is -0.277. The lowest BCUT2D eigenvalue weighted by molar-refractivity contribution is -0.139. The highest BCUT2D eigenvalue weighted by molar-refractivity contribution is 6.35. The first-order chi connectivity index (χ1) is 10.9. The van der Waals surface area contributed by atoms with Crippen LogP contribution in [0.2, 0.25) is 0 Å². The smallest absolute Gasteiger partial charge is 0.309 e. The lowest BCUT2D eigenvalue weighted by Gasteiger charge is -2.22. The molecule has 0 aromatic heterocycles. The van der Waals surface area contributed by atoms with Gasteiger partial charge in [-0.2, -0.15) is 0 Å². The van der Waals surface area contributed by atoms with Crippen LogP contribution >= 0.6 is 0 Å². The molecule has 1 atom stereocenters. The number of carbonyl (C=O) groups is 2. The molecule has 0 heterocycles. The first kappa shape index (κ1) is 18.9. The van der Waals surface area contributed by atoms with Crippen LogP contribution in [0.1, 0.15) is 18.9 Å². The van der Waals surface area contributed by atoms with Crippen molar-refractivity contribution in [3.8, 4) is 5.75 Å². The van der Waals surface area contributed by atoms with Crippen molar-refractivity contribution >= 4 is 11.8 Å². The van der Waals surface area contributed by atoms with Crippen molar-refractivity contribution in [2.45, 2.75) is 25.5 Å². The van der Waals surface area contributed by atoms with Gasteiger partial charge in [0.25, 0.3) is 0 Å². The average Bonchev–Trinajstić information content (AvgIpc) is 2.56. The SMILES string of the molecule is COCCC(C)(O)CNC(=O)C(=O)NCc1ccc(OC)cc1. The van der Waals surface area contributed by atoms with Crippen molar-refractivity contribution < 1.29 is 24.2 Å². The van der Waals surface area contributed by atoms with Crippen molar-refractivity contribution in [1.82, 2.24) is 10.6 Å². The van der Waals surface area contributed by atoms with Gasteiger partial charge < -0.3 is 25.2 Å². The van der Waals surface area contributed by atoms with Gasteiger partial charge in [0.2, 0.25) is 0 Å². The van der Waals surface area contributed by atoms with Crippen molar-refractivity contribution in [3.05, 3.63) is 29.8 Å². The first-order valence-corrected chi connectivity index (χ1v) is 7.28. The van der Waals surface area contributed by atoms with Crippen LogP contribution in [-0.4, -0.2) is 49.9 Å². The number of ether oxygens (including phenoxy) is 2. The average molecular weight is 324 g/mol. The Morgan fingerprint density at radius 1 is 1.13 bits per heavy atom. The molecule has 1 rings (SSSR count). The summed E-state index contributed by atoms with van der Waals surface area (Å²) in [6.07, 6.45) is 0.358. The van der Waals surface area contributed by atoms with E-state index in [4.69, 9.17) is 9.47 Å². The summed E-state index contributed by atoms with van der Waals surface area (Å²) in [5, 5.41) is 14.9. The summed E-state index contributed by atoms with van der Waals surface area (Å²) < 4.78 is 9.92. The summed E-state index contributed by atoms with van der Waals surface area (Å²) in [4.78, 5) is 23.4. The van der Waals surface area contributed by atoms with Gasteiger partial charge in [-0.05, 0) is 24.6 Å². The van der Waals surface area contributed by atoms with E-state index in [0.717, 1.165) is 11.3 Å². The molecule has 1 unspecified atom stereocenters. The number of nitrogens with one attached hydrogen (secondary N) is 2. The number of methoxy groups -OCH3 is 2. The van der Waals surface area contributed by atoms with Gasteiger partial charge in [0.1, 0.15) is 5.75 Å². The Morgan fingerprint density at radius 2 is 1.74 bits per heavy atom.